The second-order valence-electron chi connectivity index (χ2n) is 5.97. The second kappa shape index (κ2) is 7.15. The van der Waals surface area contributed by atoms with Gasteiger partial charge in [0.05, 0.1) is 13.2 Å². The zero-order chi connectivity index (χ0) is 18.0. The minimum absolute atomic E-state index is 0.0154. The molecule has 1 fully saturated rings. The molecule has 0 bridgehead atoms. The van der Waals surface area contributed by atoms with Gasteiger partial charge in [0.15, 0.2) is 0 Å². The van der Waals surface area contributed by atoms with E-state index in [4.69, 9.17) is 4.74 Å². The maximum Gasteiger partial charge on any atom is 0.251 e. The zero-order valence-corrected chi connectivity index (χ0v) is 15.6. The maximum absolute atomic E-state index is 12.5. The van der Waals surface area contributed by atoms with E-state index in [2.05, 4.69) is 10.0 Å². The van der Waals surface area contributed by atoms with Gasteiger partial charge in [-0.1, -0.05) is 6.07 Å². The summed E-state index contributed by atoms with van der Waals surface area (Å²) in [6.07, 6.45) is 1.67. The lowest BCUT2D eigenvalue weighted by Gasteiger charge is -2.14. The summed E-state index contributed by atoms with van der Waals surface area (Å²) in [5, 5.41) is 4.83. The van der Waals surface area contributed by atoms with Crippen molar-refractivity contribution in [1.82, 2.24) is 10.0 Å². The Morgan fingerprint density at radius 3 is 2.68 bits per heavy atom. The number of hydrogen-bond donors (Lipinski definition) is 2. The number of amides is 1. The molecule has 1 aromatic carbocycles. The largest absolute Gasteiger partial charge is 0.495 e. The van der Waals surface area contributed by atoms with Crippen LogP contribution in [0, 0.1) is 0 Å². The van der Waals surface area contributed by atoms with Crippen LogP contribution in [0.1, 0.15) is 41.0 Å². The summed E-state index contributed by atoms with van der Waals surface area (Å²) in [5.74, 6) is -0.109. The Bertz CT molecular complexity index is 859. The molecule has 1 atom stereocenters. The standard InChI is InChI=1S/C17H20N2O4S2/c1-11(15-4-3-9-24-15)18-17(20)12-5-8-14(23-2)16(10-12)25(21,22)19-13-6-7-13/h3-5,8-11,13,19H,6-7H2,1-2H3,(H,18,20)/t11-/m1/s1. The predicted molar refractivity (Wildman–Crippen MR) is 96.5 cm³/mol. The summed E-state index contributed by atoms with van der Waals surface area (Å²) >= 11 is 1.55. The van der Waals surface area contributed by atoms with Gasteiger partial charge >= 0.3 is 0 Å². The van der Waals surface area contributed by atoms with Crippen LogP contribution in [-0.2, 0) is 10.0 Å². The van der Waals surface area contributed by atoms with Gasteiger partial charge in [-0.25, -0.2) is 13.1 Å². The van der Waals surface area contributed by atoms with E-state index in [1.54, 1.807) is 17.4 Å². The van der Waals surface area contributed by atoms with Crippen molar-refractivity contribution in [3.63, 3.8) is 0 Å². The Balaban J connectivity index is 1.84. The predicted octanol–water partition coefficient (Wildman–Crippen LogP) is 2.69. The molecule has 2 N–H and O–H groups in total. The average molecular weight is 380 g/mol. The molecule has 3 rings (SSSR count). The lowest BCUT2D eigenvalue weighted by molar-refractivity contribution is 0.0940. The number of thiophene rings is 1. The number of methoxy groups -OCH3 is 1. The fourth-order valence-electron chi connectivity index (χ4n) is 2.40. The summed E-state index contributed by atoms with van der Waals surface area (Å²) in [6, 6.07) is 8.12. The fraction of sp³-hybridized carbons (Fsp3) is 0.353. The van der Waals surface area contributed by atoms with E-state index >= 15 is 0 Å². The smallest absolute Gasteiger partial charge is 0.251 e. The van der Waals surface area contributed by atoms with Crippen LogP contribution in [0.25, 0.3) is 0 Å². The fourth-order valence-corrected chi connectivity index (χ4v) is 4.64. The van der Waals surface area contributed by atoms with Gasteiger partial charge in [0.1, 0.15) is 10.6 Å². The van der Waals surface area contributed by atoms with Crippen molar-refractivity contribution in [3.8, 4) is 5.75 Å². The van der Waals surface area contributed by atoms with Crippen molar-refractivity contribution in [2.24, 2.45) is 0 Å². The van der Waals surface area contributed by atoms with E-state index in [9.17, 15) is 13.2 Å². The Hall–Kier alpha value is -1.90. The van der Waals surface area contributed by atoms with E-state index in [-0.39, 0.29) is 34.2 Å². The molecular weight excluding hydrogens is 360 g/mol. The van der Waals surface area contributed by atoms with E-state index < -0.39 is 10.0 Å². The first-order valence-corrected chi connectivity index (χ1v) is 10.3. The van der Waals surface area contributed by atoms with Gasteiger partial charge in [-0.05, 0) is 49.4 Å². The van der Waals surface area contributed by atoms with Crippen molar-refractivity contribution >= 4 is 27.3 Å². The third-order valence-electron chi connectivity index (χ3n) is 3.93. The van der Waals surface area contributed by atoms with Crippen molar-refractivity contribution in [2.75, 3.05) is 7.11 Å². The Labute approximate surface area is 151 Å². The van der Waals surface area contributed by atoms with Crippen molar-refractivity contribution in [2.45, 2.75) is 36.7 Å². The Morgan fingerprint density at radius 1 is 1.32 bits per heavy atom. The molecule has 2 aromatic rings. The summed E-state index contributed by atoms with van der Waals surface area (Å²) in [6.45, 7) is 1.89. The maximum atomic E-state index is 12.5. The van der Waals surface area contributed by atoms with Crippen LogP contribution in [0.4, 0.5) is 0 Å². The Kier molecular flexibility index (Phi) is 5.12. The van der Waals surface area contributed by atoms with Gasteiger partial charge in [0.2, 0.25) is 10.0 Å². The van der Waals surface area contributed by atoms with Crippen LogP contribution >= 0.6 is 11.3 Å². The molecule has 0 spiro atoms. The number of hydrogen-bond acceptors (Lipinski definition) is 5. The zero-order valence-electron chi connectivity index (χ0n) is 14.0. The van der Waals surface area contributed by atoms with Crippen LogP contribution in [0.15, 0.2) is 40.6 Å². The van der Waals surface area contributed by atoms with Crippen LogP contribution in [-0.4, -0.2) is 27.5 Å². The van der Waals surface area contributed by atoms with E-state index in [1.165, 1.54) is 19.2 Å². The first kappa shape index (κ1) is 17.9. The number of rotatable bonds is 7. The monoisotopic (exact) mass is 380 g/mol. The minimum atomic E-state index is -3.72. The molecule has 0 aliphatic heterocycles. The van der Waals surface area contributed by atoms with E-state index in [0.29, 0.717) is 0 Å². The molecular formula is C17H20N2O4S2. The Morgan fingerprint density at radius 2 is 2.08 bits per heavy atom. The number of ether oxygens (including phenoxy) is 1. The molecule has 134 valence electrons. The molecule has 0 saturated heterocycles. The highest BCUT2D eigenvalue weighted by atomic mass is 32.2. The third kappa shape index (κ3) is 4.20. The summed E-state index contributed by atoms with van der Waals surface area (Å²) in [4.78, 5) is 13.5. The van der Waals surface area contributed by atoms with Gasteiger partial charge in [-0.15, -0.1) is 11.3 Å². The molecule has 25 heavy (non-hydrogen) atoms. The van der Waals surface area contributed by atoms with Gasteiger partial charge in [-0.3, -0.25) is 4.79 Å². The van der Waals surface area contributed by atoms with E-state index in [1.807, 2.05) is 24.4 Å². The SMILES string of the molecule is COc1ccc(C(=O)N[C@H](C)c2cccs2)cc1S(=O)(=O)NC1CC1. The van der Waals surface area contributed by atoms with Crippen molar-refractivity contribution in [3.05, 3.63) is 46.2 Å². The van der Waals surface area contributed by atoms with Gasteiger partial charge < -0.3 is 10.1 Å². The van der Waals surface area contributed by atoms with Crippen LogP contribution in [0.3, 0.4) is 0 Å². The number of carbonyl (C=O) groups excluding carboxylic acids is 1. The first-order chi connectivity index (χ1) is 11.9. The first-order valence-electron chi connectivity index (χ1n) is 7.95. The summed E-state index contributed by atoms with van der Waals surface area (Å²) < 4.78 is 32.8. The van der Waals surface area contributed by atoms with Crippen LogP contribution in [0.2, 0.25) is 0 Å². The highest BCUT2D eigenvalue weighted by molar-refractivity contribution is 7.89. The highest BCUT2D eigenvalue weighted by Crippen LogP contribution is 2.28. The summed E-state index contributed by atoms with van der Waals surface area (Å²) in [7, 11) is -2.31. The molecule has 1 aliphatic carbocycles. The molecule has 6 nitrogen and oxygen atoms in total. The quantitative estimate of drug-likeness (QED) is 0.773. The third-order valence-corrected chi connectivity index (χ3v) is 6.53. The molecule has 0 radical (unpaired) electrons. The van der Waals surface area contributed by atoms with Crippen LogP contribution < -0.4 is 14.8 Å². The number of nitrogens with one attached hydrogen (secondary N) is 2. The van der Waals surface area contributed by atoms with Crippen molar-refractivity contribution < 1.29 is 17.9 Å². The molecule has 1 saturated carbocycles. The lowest BCUT2D eigenvalue weighted by atomic mass is 10.2. The van der Waals surface area contributed by atoms with Gasteiger partial charge in [-0.2, -0.15) is 0 Å². The normalized spacial score (nSPS) is 15.6. The number of sulfonamides is 1. The lowest BCUT2D eigenvalue weighted by Crippen LogP contribution is -2.28. The molecule has 1 aliphatic rings. The number of carbonyl (C=O) groups is 1. The highest BCUT2D eigenvalue weighted by Gasteiger charge is 2.30. The topological polar surface area (TPSA) is 84.5 Å². The molecule has 0 unspecified atom stereocenters. The van der Waals surface area contributed by atoms with E-state index in [0.717, 1.165) is 17.7 Å². The second-order valence-corrected chi connectivity index (χ2v) is 8.63. The summed E-state index contributed by atoms with van der Waals surface area (Å²) in [5.41, 5.74) is 0.278. The molecule has 8 heteroatoms. The molecule has 1 aromatic heterocycles. The minimum Gasteiger partial charge on any atom is -0.495 e. The van der Waals surface area contributed by atoms with Crippen LogP contribution in [0.5, 0.6) is 5.75 Å². The molecule has 1 heterocycles. The number of benzene rings is 1. The van der Waals surface area contributed by atoms with Gasteiger partial charge in [0, 0.05) is 16.5 Å². The molecule has 1 amide bonds. The van der Waals surface area contributed by atoms with Crippen molar-refractivity contribution in [1.29, 1.82) is 0 Å². The average Bonchev–Trinajstić information content (AvgIpc) is 3.21. The van der Waals surface area contributed by atoms with Gasteiger partial charge in [0.25, 0.3) is 5.91 Å².